The maximum Gasteiger partial charge on any atom is 0.119 e. The van der Waals surface area contributed by atoms with Crippen molar-refractivity contribution in [2.45, 2.75) is 26.2 Å². The zero-order valence-corrected chi connectivity index (χ0v) is 11.6. The molecule has 0 fully saturated rings. The first-order valence-electron chi connectivity index (χ1n) is 6.48. The zero-order chi connectivity index (χ0) is 14.3. The highest BCUT2D eigenvalue weighted by molar-refractivity contribution is 5.44. The molecule has 0 aliphatic rings. The van der Waals surface area contributed by atoms with E-state index in [4.69, 9.17) is 0 Å². The third kappa shape index (κ3) is 4.42. The number of hydrogen-bond donors (Lipinski definition) is 2. The van der Waals surface area contributed by atoms with E-state index in [0.29, 0.717) is 6.42 Å². The fourth-order valence-electron chi connectivity index (χ4n) is 2.03. The summed E-state index contributed by atoms with van der Waals surface area (Å²) in [5, 5.41) is 19.2. The Kier molecular flexibility index (Phi) is 6.10. The van der Waals surface area contributed by atoms with E-state index in [1.807, 2.05) is 50.3 Å². The molecule has 0 saturated carbocycles. The topological polar surface area (TPSA) is 40.5 Å². The summed E-state index contributed by atoms with van der Waals surface area (Å²) >= 11 is 0. The molecule has 0 bridgehead atoms. The number of allylic oxidation sites excluding steroid dienone is 5. The van der Waals surface area contributed by atoms with Gasteiger partial charge >= 0.3 is 0 Å². The predicted molar refractivity (Wildman–Crippen MR) is 80.4 cm³/mol. The number of hydrogen-bond acceptors (Lipinski definition) is 2. The van der Waals surface area contributed by atoms with Crippen molar-refractivity contribution in [3.63, 3.8) is 0 Å². The number of aliphatic hydroxyl groups excluding tert-OH is 1. The largest absolute Gasteiger partial charge is 0.508 e. The van der Waals surface area contributed by atoms with E-state index in [1.54, 1.807) is 6.07 Å². The molecule has 1 aromatic rings. The number of rotatable bonds is 6. The van der Waals surface area contributed by atoms with Crippen LogP contribution >= 0.6 is 0 Å². The van der Waals surface area contributed by atoms with E-state index in [0.717, 1.165) is 16.7 Å². The van der Waals surface area contributed by atoms with Gasteiger partial charge in [-0.15, -0.1) is 0 Å². The molecule has 0 aromatic heterocycles. The maximum atomic E-state index is 9.99. The van der Waals surface area contributed by atoms with Gasteiger partial charge in [0.2, 0.25) is 0 Å². The molecular weight excluding hydrogens is 236 g/mol. The SMILES string of the molecule is C=C(/C=C\C=C/C)C(CCO)c1cc(C)ccc1O. The Hall–Kier alpha value is -1.80. The van der Waals surface area contributed by atoms with E-state index >= 15 is 0 Å². The van der Waals surface area contributed by atoms with E-state index in [9.17, 15) is 10.2 Å². The molecule has 0 amide bonds. The van der Waals surface area contributed by atoms with Crippen LogP contribution in [0.15, 0.2) is 54.7 Å². The molecule has 0 aliphatic heterocycles. The molecule has 2 heteroatoms. The van der Waals surface area contributed by atoms with Gasteiger partial charge < -0.3 is 10.2 Å². The minimum atomic E-state index is -0.0635. The Balaban J connectivity index is 3.05. The van der Waals surface area contributed by atoms with Crippen molar-refractivity contribution in [3.8, 4) is 5.75 Å². The fraction of sp³-hybridized carbons (Fsp3) is 0.294. The molecular formula is C17H22O2. The number of aryl methyl sites for hydroxylation is 1. The molecule has 1 rings (SSSR count). The number of aliphatic hydroxyl groups is 1. The van der Waals surface area contributed by atoms with Crippen molar-refractivity contribution in [1.82, 2.24) is 0 Å². The molecule has 1 atom stereocenters. The quantitative estimate of drug-likeness (QED) is 0.761. The second kappa shape index (κ2) is 7.59. The monoisotopic (exact) mass is 258 g/mol. The first-order valence-corrected chi connectivity index (χ1v) is 6.48. The van der Waals surface area contributed by atoms with E-state index in [2.05, 4.69) is 6.58 Å². The smallest absolute Gasteiger partial charge is 0.119 e. The van der Waals surface area contributed by atoms with Crippen molar-refractivity contribution in [3.05, 3.63) is 65.8 Å². The van der Waals surface area contributed by atoms with Crippen molar-refractivity contribution < 1.29 is 10.2 Å². The Bertz CT molecular complexity index is 484. The normalized spacial score (nSPS) is 13.2. The summed E-state index contributed by atoms with van der Waals surface area (Å²) < 4.78 is 0. The highest BCUT2D eigenvalue weighted by atomic mass is 16.3. The Morgan fingerprint density at radius 2 is 2.11 bits per heavy atom. The molecule has 1 aromatic carbocycles. The lowest BCUT2D eigenvalue weighted by atomic mass is 9.87. The van der Waals surface area contributed by atoms with E-state index < -0.39 is 0 Å². The van der Waals surface area contributed by atoms with Crippen LogP contribution in [-0.4, -0.2) is 16.8 Å². The number of benzene rings is 1. The molecule has 0 saturated heterocycles. The van der Waals surface area contributed by atoms with Crippen molar-refractivity contribution >= 4 is 0 Å². The van der Waals surface area contributed by atoms with Gasteiger partial charge in [0, 0.05) is 18.1 Å². The standard InChI is InChI=1S/C17H22O2/c1-4-5-6-7-14(3)15(10-11-18)16-12-13(2)8-9-17(16)19/h4-9,12,15,18-19H,3,10-11H2,1-2H3/b5-4-,7-6-. The summed E-state index contributed by atoms with van der Waals surface area (Å²) in [5.41, 5.74) is 2.79. The molecule has 1 unspecified atom stereocenters. The van der Waals surface area contributed by atoms with Crippen LogP contribution in [-0.2, 0) is 0 Å². The summed E-state index contributed by atoms with van der Waals surface area (Å²) in [6.45, 7) is 8.05. The number of phenolic OH excluding ortho intramolecular Hbond substituents is 1. The third-order valence-electron chi connectivity index (χ3n) is 3.04. The van der Waals surface area contributed by atoms with Crippen LogP contribution in [0.1, 0.15) is 30.4 Å². The molecule has 0 radical (unpaired) electrons. The first-order chi connectivity index (χ1) is 9.10. The van der Waals surface area contributed by atoms with Crippen LogP contribution in [0.4, 0.5) is 0 Å². The zero-order valence-electron chi connectivity index (χ0n) is 11.6. The van der Waals surface area contributed by atoms with Crippen LogP contribution in [0.3, 0.4) is 0 Å². The summed E-state index contributed by atoms with van der Waals surface area (Å²) in [5.74, 6) is 0.191. The van der Waals surface area contributed by atoms with Crippen LogP contribution in [0.25, 0.3) is 0 Å². The van der Waals surface area contributed by atoms with Crippen molar-refractivity contribution in [2.75, 3.05) is 6.61 Å². The van der Waals surface area contributed by atoms with E-state index in [1.165, 1.54) is 0 Å². The minimum absolute atomic E-state index is 0.0635. The second-order valence-electron chi connectivity index (χ2n) is 4.59. The number of phenols is 1. The highest BCUT2D eigenvalue weighted by Gasteiger charge is 2.16. The van der Waals surface area contributed by atoms with Gasteiger partial charge in [-0.2, -0.15) is 0 Å². The molecule has 0 aliphatic carbocycles. The van der Waals surface area contributed by atoms with Crippen LogP contribution in [0.5, 0.6) is 5.75 Å². The Morgan fingerprint density at radius 1 is 1.37 bits per heavy atom. The van der Waals surface area contributed by atoms with Crippen LogP contribution < -0.4 is 0 Å². The van der Waals surface area contributed by atoms with E-state index in [-0.39, 0.29) is 18.3 Å². The lowest BCUT2D eigenvalue weighted by molar-refractivity contribution is 0.280. The van der Waals surface area contributed by atoms with Gasteiger partial charge in [0.25, 0.3) is 0 Å². The molecule has 0 spiro atoms. The van der Waals surface area contributed by atoms with Gasteiger partial charge in [-0.3, -0.25) is 0 Å². The third-order valence-corrected chi connectivity index (χ3v) is 3.04. The van der Waals surface area contributed by atoms with Crippen molar-refractivity contribution in [2.24, 2.45) is 0 Å². The summed E-state index contributed by atoms with van der Waals surface area (Å²) in [7, 11) is 0. The maximum absolute atomic E-state index is 9.99. The average Bonchev–Trinajstić information content (AvgIpc) is 2.39. The highest BCUT2D eigenvalue weighted by Crippen LogP contribution is 2.34. The fourth-order valence-corrected chi connectivity index (χ4v) is 2.03. The number of aromatic hydroxyl groups is 1. The minimum Gasteiger partial charge on any atom is -0.508 e. The van der Waals surface area contributed by atoms with Gasteiger partial charge in [0.1, 0.15) is 5.75 Å². The molecule has 2 nitrogen and oxygen atoms in total. The lowest BCUT2D eigenvalue weighted by Gasteiger charge is -2.18. The van der Waals surface area contributed by atoms with Gasteiger partial charge in [0.05, 0.1) is 0 Å². The lowest BCUT2D eigenvalue weighted by Crippen LogP contribution is -2.04. The molecule has 0 heterocycles. The summed E-state index contributed by atoms with van der Waals surface area (Å²) in [4.78, 5) is 0. The van der Waals surface area contributed by atoms with Gasteiger partial charge in [0.15, 0.2) is 0 Å². The summed E-state index contributed by atoms with van der Waals surface area (Å²) in [6, 6.07) is 5.51. The molecule has 2 N–H and O–H groups in total. The Labute approximate surface area is 115 Å². The van der Waals surface area contributed by atoms with Gasteiger partial charge in [-0.1, -0.05) is 48.6 Å². The predicted octanol–water partition coefficient (Wildman–Crippen LogP) is 3.86. The first kappa shape index (κ1) is 15.3. The molecule has 19 heavy (non-hydrogen) atoms. The van der Waals surface area contributed by atoms with Crippen LogP contribution in [0, 0.1) is 6.92 Å². The second-order valence-corrected chi connectivity index (χ2v) is 4.59. The average molecular weight is 258 g/mol. The summed E-state index contributed by atoms with van der Waals surface area (Å²) in [6.07, 6.45) is 8.25. The van der Waals surface area contributed by atoms with Crippen molar-refractivity contribution in [1.29, 1.82) is 0 Å². The van der Waals surface area contributed by atoms with Crippen LogP contribution in [0.2, 0.25) is 0 Å². The Morgan fingerprint density at radius 3 is 2.74 bits per heavy atom. The van der Waals surface area contributed by atoms with Gasteiger partial charge in [-0.05, 0) is 31.9 Å². The molecule has 102 valence electrons. The van der Waals surface area contributed by atoms with Gasteiger partial charge in [-0.25, -0.2) is 0 Å².